The van der Waals surface area contributed by atoms with Gasteiger partial charge in [-0.2, -0.15) is 0 Å². The van der Waals surface area contributed by atoms with Crippen LogP contribution in [0.3, 0.4) is 0 Å². The summed E-state index contributed by atoms with van der Waals surface area (Å²) in [5, 5.41) is 9.60. The van der Waals surface area contributed by atoms with Crippen molar-refractivity contribution in [1.82, 2.24) is 0 Å². The lowest BCUT2D eigenvalue weighted by atomic mass is 10.0. The van der Waals surface area contributed by atoms with Crippen LogP contribution in [0.15, 0.2) is 85.1 Å². The van der Waals surface area contributed by atoms with Crippen LogP contribution < -0.4 is 0 Å². The lowest BCUT2D eigenvalue weighted by Crippen LogP contribution is -2.28. The zero-order chi connectivity index (χ0) is 45.6. The van der Waals surface area contributed by atoms with Gasteiger partial charge in [0, 0.05) is 12.8 Å². The highest BCUT2D eigenvalue weighted by atomic mass is 16.6. The van der Waals surface area contributed by atoms with Gasteiger partial charge in [-0.3, -0.25) is 9.59 Å². The summed E-state index contributed by atoms with van der Waals surface area (Å²) in [7, 11) is 0. The number of aliphatic hydroxyl groups excluding tert-OH is 1. The van der Waals surface area contributed by atoms with Gasteiger partial charge in [0.25, 0.3) is 0 Å². The molecule has 0 aromatic carbocycles. The molecule has 0 heterocycles. The van der Waals surface area contributed by atoms with E-state index in [1.807, 2.05) is 0 Å². The smallest absolute Gasteiger partial charge is 0.306 e. The number of hydrogen-bond donors (Lipinski definition) is 1. The molecular formula is C58H100O5. The number of carbonyl (C=O) groups is 2. The van der Waals surface area contributed by atoms with Crippen molar-refractivity contribution in [2.45, 2.75) is 258 Å². The third kappa shape index (κ3) is 51.6. The van der Waals surface area contributed by atoms with Crippen molar-refractivity contribution in [2.75, 3.05) is 13.2 Å². The Bertz CT molecular complexity index is 1170. The number of aliphatic hydroxyl groups is 1. The Labute approximate surface area is 390 Å². The number of carbonyl (C=O) groups excluding carboxylic acids is 2. The molecule has 0 saturated heterocycles. The summed E-state index contributed by atoms with van der Waals surface area (Å²) in [6.45, 7) is 4.03. The summed E-state index contributed by atoms with van der Waals surface area (Å²) in [6, 6.07) is 0. The molecule has 1 atom stereocenters. The molecule has 0 aliphatic heterocycles. The molecule has 0 spiro atoms. The third-order valence-electron chi connectivity index (χ3n) is 11.5. The van der Waals surface area contributed by atoms with Crippen LogP contribution in [0, 0.1) is 0 Å². The highest BCUT2D eigenvalue weighted by molar-refractivity contribution is 5.70. The molecule has 0 aromatic rings. The molecule has 0 fully saturated rings. The Morgan fingerprint density at radius 2 is 0.683 bits per heavy atom. The van der Waals surface area contributed by atoms with Crippen LogP contribution in [0.1, 0.15) is 251 Å². The zero-order valence-electron chi connectivity index (χ0n) is 41.3. The minimum atomic E-state index is -0.771. The van der Waals surface area contributed by atoms with Gasteiger partial charge in [-0.25, -0.2) is 0 Å². The van der Waals surface area contributed by atoms with Gasteiger partial charge in [0.15, 0.2) is 6.10 Å². The molecule has 1 unspecified atom stereocenters. The Hall–Kier alpha value is -2.92. The first-order chi connectivity index (χ1) is 31.1. The molecule has 63 heavy (non-hydrogen) atoms. The topological polar surface area (TPSA) is 72.8 Å². The van der Waals surface area contributed by atoms with Crippen LogP contribution in [0.4, 0.5) is 0 Å². The number of rotatable bonds is 48. The molecule has 0 bridgehead atoms. The Morgan fingerprint density at radius 3 is 1.03 bits per heavy atom. The van der Waals surface area contributed by atoms with E-state index in [1.165, 1.54) is 141 Å². The minimum Gasteiger partial charge on any atom is -0.462 e. The zero-order valence-corrected chi connectivity index (χ0v) is 41.3. The summed E-state index contributed by atoms with van der Waals surface area (Å²) in [6.07, 6.45) is 74.1. The maximum Gasteiger partial charge on any atom is 0.306 e. The van der Waals surface area contributed by atoms with E-state index < -0.39 is 6.10 Å². The van der Waals surface area contributed by atoms with Crippen LogP contribution in [0.2, 0.25) is 0 Å². The van der Waals surface area contributed by atoms with E-state index in [4.69, 9.17) is 9.47 Å². The Balaban J connectivity index is 3.48. The molecule has 0 aliphatic carbocycles. The van der Waals surface area contributed by atoms with Crippen molar-refractivity contribution in [1.29, 1.82) is 0 Å². The molecule has 5 nitrogen and oxygen atoms in total. The van der Waals surface area contributed by atoms with E-state index >= 15 is 0 Å². The van der Waals surface area contributed by atoms with Gasteiger partial charge in [0.05, 0.1) is 6.61 Å². The molecular weight excluding hydrogens is 777 g/mol. The van der Waals surface area contributed by atoms with Crippen molar-refractivity contribution in [3.05, 3.63) is 85.1 Å². The maximum atomic E-state index is 12.3. The van der Waals surface area contributed by atoms with E-state index in [1.54, 1.807) is 0 Å². The fourth-order valence-corrected chi connectivity index (χ4v) is 7.48. The van der Waals surface area contributed by atoms with Gasteiger partial charge in [-0.1, -0.05) is 253 Å². The minimum absolute atomic E-state index is 0.0644. The summed E-state index contributed by atoms with van der Waals surface area (Å²) < 4.78 is 10.7. The van der Waals surface area contributed by atoms with Crippen LogP contribution >= 0.6 is 0 Å². The van der Waals surface area contributed by atoms with E-state index in [0.29, 0.717) is 12.8 Å². The molecule has 0 rings (SSSR count). The molecule has 0 aromatic heterocycles. The molecule has 0 saturated carbocycles. The van der Waals surface area contributed by atoms with Crippen LogP contribution in [0.25, 0.3) is 0 Å². The number of unbranched alkanes of at least 4 members (excludes halogenated alkanes) is 26. The summed E-state index contributed by atoms with van der Waals surface area (Å²) in [4.78, 5) is 24.4. The molecule has 0 radical (unpaired) electrons. The van der Waals surface area contributed by atoms with Crippen molar-refractivity contribution in [2.24, 2.45) is 0 Å². The number of hydrogen-bond acceptors (Lipinski definition) is 5. The molecule has 362 valence electrons. The van der Waals surface area contributed by atoms with Gasteiger partial charge in [0.1, 0.15) is 6.61 Å². The predicted octanol–water partition coefficient (Wildman–Crippen LogP) is 17.8. The van der Waals surface area contributed by atoms with Crippen molar-refractivity contribution in [3.63, 3.8) is 0 Å². The average Bonchev–Trinajstić information content (AvgIpc) is 3.29. The standard InChI is InChI=1S/C58H100O5/c1-3-5-7-9-11-13-15-17-18-19-20-21-22-23-24-25-26-27-28-29-30-31-32-33-34-35-36-37-38-39-40-41-43-45-47-49-51-53-58(61)63-56(54-59)55-62-57(60)52-50-48-46-44-42-16-14-12-10-8-6-4-2/h5,7,11,13,17-18,20-21,23-24,26-27,29-30,56,59H,3-4,6,8-10,12,14-16,19,22,25,28,31-55H2,1-2H3/b7-5-,13-11-,18-17-,21-20-,24-23-,27-26-,30-29-. The number of esters is 2. The normalized spacial score (nSPS) is 12.9. The highest BCUT2D eigenvalue weighted by Gasteiger charge is 2.16. The average molecular weight is 877 g/mol. The maximum absolute atomic E-state index is 12.3. The second-order valence-electron chi connectivity index (χ2n) is 17.6. The monoisotopic (exact) mass is 877 g/mol. The molecule has 1 N–H and O–H groups in total. The highest BCUT2D eigenvalue weighted by Crippen LogP contribution is 2.16. The van der Waals surface area contributed by atoms with Crippen LogP contribution in [0.5, 0.6) is 0 Å². The van der Waals surface area contributed by atoms with E-state index in [-0.39, 0.29) is 25.2 Å². The Morgan fingerprint density at radius 1 is 0.381 bits per heavy atom. The SMILES string of the molecule is CC/C=C\C/C=C\C/C=C\C/C=C\C/C=C\C/C=C\C/C=C\CCCCCCCCCCCCCCCCCC(=O)OC(CO)COC(=O)CCCCCCCCCCCCCC. The Kier molecular flexibility index (Phi) is 50.9. The number of ether oxygens (including phenoxy) is 2. The second-order valence-corrected chi connectivity index (χ2v) is 17.6. The fraction of sp³-hybridized carbons (Fsp3) is 0.724. The molecule has 0 aliphatic rings. The second kappa shape index (κ2) is 53.4. The van der Waals surface area contributed by atoms with Crippen LogP contribution in [-0.4, -0.2) is 36.4 Å². The lowest BCUT2D eigenvalue weighted by Gasteiger charge is -2.15. The number of allylic oxidation sites excluding steroid dienone is 14. The first-order valence-electron chi connectivity index (χ1n) is 26.6. The summed E-state index contributed by atoms with van der Waals surface area (Å²) in [5.41, 5.74) is 0. The van der Waals surface area contributed by atoms with Gasteiger partial charge in [0.2, 0.25) is 0 Å². The fourth-order valence-electron chi connectivity index (χ4n) is 7.48. The van der Waals surface area contributed by atoms with Crippen molar-refractivity contribution < 1.29 is 24.2 Å². The van der Waals surface area contributed by atoms with E-state index in [2.05, 4.69) is 98.9 Å². The van der Waals surface area contributed by atoms with Crippen molar-refractivity contribution >= 4 is 11.9 Å². The quantitative estimate of drug-likeness (QED) is 0.0374. The molecule has 0 amide bonds. The largest absolute Gasteiger partial charge is 0.462 e. The first kappa shape index (κ1) is 60.1. The molecule has 5 heteroatoms. The van der Waals surface area contributed by atoms with Gasteiger partial charge in [-0.15, -0.1) is 0 Å². The van der Waals surface area contributed by atoms with Crippen LogP contribution in [-0.2, 0) is 19.1 Å². The predicted molar refractivity (Wildman–Crippen MR) is 274 cm³/mol. The first-order valence-corrected chi connectivity index (χ1v) is 26.6. The lowest BCUT2D eigenvalue weighted by molar-refractivity contribution is -0.161. The van der Waals surface area contributed by atoms with Gasteiger partial charge >= 0.3 is 11.9 Å². The van der Waals surface area contributed by atoms with E-state index in [0.717, 1.165) is 83.5 Å². The van der Waals surface area contributed by atoms with Crippen molar-refractivity contribution in [3.8, 4) is 0 Å². The van der Waals surface area contributed by atoms with Gasteiger partial charge in [-0.05, 0) is 70.6 Å². The summed E-state index contributed by atoms with van der Waals surface area (Å²) >= 11 is 0. The van der Waals surface area contributed by atoms with Gasteiger partial charge < -0.3 is 14.6 Å². The van der Waals surface area contributed by atoms with E-state index in [9.17, 15) is 14.7 Å². The third-order valence-corrected chi connectivity index (χ3v) is 11.5. The summed E-state index contributed by atoms with van der Waals surface area (Å²) in [5.74, 6) is -0.586.